The van der Waals surface area contributed by atoms with Crippen LogP contribution in [0.4, 0.5) is 5.69 Å². The van der Waals surface area contributed by atoms with Crippen molar-refractivity contribution in [3.8, 4) is 5.69 Å². The maximum Gasteiger partial charge on any atom is 0.295 e. The molecule has 0 fully saturated rings. The van der Waals surface area contributed by atoms with E-state index in [4.69, 9.17) is 0 Å². The van der Waals surface area contributed by atoms with Crippen LogP contribution in [0.5, 0.6) is 0 Å². The van der Waals surface area contributed by atoms with Crippen molar-refractivity contribution in [2.24, 2.45) is 7.05 Å². The van der Waals surface area contributed by atoms with Gasteiger partial charge in [0.1, 0.15) is 5.69 Å². The van der Waals surface area contributed by atoms with E-state index in [0.717, 1.165) is 11.3 Å². The number of rotatable bonds is 4. The van der Waals surface area contributed by atoms with E-state index in [9.17, 15) is 9.59 Å². The zero-order chi connectivity index (χ0) is 18.7. The van der Waals surface area contributed by atoms with E-state index in [1.165, 1.54) is 0 Å². The van der Waals surface area contributed by atoms with Crippen LogP contribution in [0.15, 0.2) is 71.0 Å². The molecule has 0 aliphatic carbocycles. The second-order valence-corrected chi connectivity index (χ2v) is 6.13. The molecule has 0 unspecified atom stereocenters. The van der Waals surface area contributed by atoms with Crippen LogP contribution in [0.3, 0.4) is 0 Å². The Hall–Kier alpha value is -3.34. The highest BCUT2D eigenvalue weighted by molar-refractivity contribution is 6.06. The molecule has 1 amide bonds. The van der Waals surface area contributed by atoms with Crippen molar-refractivity contribution in [2.45, 2.75) is 13.8 Å². The van der Waals surface area contributed by atoms with Gasteiger partial charge in [-0.05, 0) is 37.6 Å². The second-order valence-electron chi connectivity index (χ2n) is 6.13. The standard InChI is InChI=1S/C21H21N3O2/c1-15(14-17-10-6-4-7-11-17)20(25)22-19-16(2)23(3)24(21(19)26)18-12-8-5-9-13-18/h4-14H,1-3H3,(H,22,25). The van der Waals surface area contributed by atoms with Gasteiger partial charge in [-0.15, -0.1) is 0 Å². The molecule has 3 rings (SSSR count). The summed E-state index contributed by atoms with van der Waals surface area (Å²) in [6.45, 7) is 3.54. The van der Waals surface area contributed by atoms with Gasteiger partial charge in [-0.25, -0.2) is 4.68 Å². The Kier molecular flexibility index (Phi) is 4.89. The normalized spacial score (nSPS) is 11.4. The summed E-state index contributed by atoms with van der Waals surface area (Å²) in [7, 11) is 1.80. The van der Waals surface area contributed by atoms with E-state index in [1.807, 2.05) is 67.6 Å². The van der Waals surface area contributed by atoms with E-state index >= 15 is 0 Å². The van der Waals surface area contributed by atoms with Gasteiger partial charge < -0.3 is 5.32 Å². The minimum absolute atomic E-state index is 0.253. The van der Waals surface area contributed by atoms with Gasteiger partial charge in [0.2, 0.25) is 0 Å². The summed E-state index contributed by atoms with van der Waals surface area (Å²) in [6, 6.07) is 18.9. The monoisotopic (exact) mass is 347 g/mol. The van der Waals surface area contributed by atoms with Crippen molar-refractivity contribution in [3.05, 3.63) is 87.8 Å². The number of amides is 1. The van der Waals surface area contributed by atoms with Crippen molar-refractivity contribution >= 4 is 17.7 Å². The predicted octanol–water partition coefficient (Wildman–Crippen LogP) is 3.53. The summed E-state index contributed by atoms with van der Waals surface area (Å²) in [5, 5.41) is 2.77. The van der Waals surface area contributed by atoms with Crippen LogP contribution in [0, 0.1) is 6.92 Å². The molecular weight excluding hydrogens is 326 g/mol. The van der Waals surface area contributed by atoms with Crippen LogP contribution in [0.25, 0.3) is 11.8 Å². The average molecular weight is 347 g/mol. The highest BCUT2D eigenvalue weighted by Gasteiger charge is 2.18. The van der Waals surface area contributed by atoms with Gasteiger partial charge in [0.05, 0.1) is 11.4 Å². The Morgan fingerprint density at radius 1 is 1.00 bits per heavy atom. The number of aromatic nitrogens is 2. The molecule has 1 heterocycles. The molecule has 26 heavy (non-hydrogen) atoms. The number of hydrogen-bond donors (Lipinski definition) is 1. The summed E-state index contributed by atoms with van der Waals surface area (Å²) >= 11 is 0. The SMILES string of the molecule is CC(=Cc1ccccc1)C(=O)Nc1c(C)n(C)n(-c2ccccc2)c1=O. The molecule has 0 saturated carbocycles. The fourth-order valence-corrected chi connectivity index (χ4v) is 2.79. The molecule has 132 valence electrons. The van der Waals surface area contributed by atoms with Gasteiger partial charge in [-0.2, -0.15) is 0 Å². The first-order chi connectivity index (χ1) is 12.5. The highest BCUT2D eigenvalue weighted by atomic mass is 16.2. The van der Waals surface area contributed by atoms with Gasteiger partial charge in [0, 0.05) is 12.6 Å². The number of carbonyl (C=O) groups excluding carboxylic acids is 1. The number of carbonyl (C=O) groups is 1. The molecule has 0 radical (unpaired) electrons. The summed E-state index contributed by atoms with van der Waals surface area (Å²) in [6.07, 6.45) is 1.79. The van der Waals surface area contributed by atoms with Crippen LogP contribution < -0.4 is 10.9 Å². The molecule has 5 nitrogen and oxygen atoms in total. The lowest BCUT2D eigenvalue weighted by Crippen LogP contribution is -2.23. The van der Waals surface area contributed by atoms with E-state index in [-0.39, 0.29) is 11.5 Å². The van der Waals surface area contributed by atoms with E-state index in [1.54, 1.807) is 29.4 Å². The molecule has 0 aliphatic heterocycles. The summed E-state index contributed by atoms with van der Waals surface area (Å²) in [5.41, 5.74) is 2.95. The quantitative estimate of drug-likeness (QED) is 0.734. The third-order valence-electron chi connectivity index (χ3n) is 4.33. The van der Waals surface area contributed by atoms with Crippen LogP contribution in [-0.2, 0) is 11.8 Å². The number of anilines is 1. The molecule has 5 heteroatoms. The molecule has 0 spiro atoms. The van der Waals surface area contributed by atoms with Gasteiger partial charge in [-0.1, -0.05) is 48.5 Å². The van der Waals surface area contributed by atoms with Crippen LogP contribution in [-0.4, -0.2) is 15.3 Å². The maximum atomic E-state index is 12.8. The van der Waals surface area contributed by atoms with Crippen molar-refractivity contribution in [1.29, 1.82) is 0 Å². The molecule has 0 bridgehead atoms. The van der Waals surface area contributed by atoms with Crippen LogP contribution >= 0.6 is 0 Å². The summed E-state index contributed by atoms with van der Waals surface area (Å²) < 4.78 is 3.28. The second kappa shape index (κ2) is 7.27. The number of para-hydroxylation sites is 1. The number of nitrogens with zero attached hydrogens (tertiary/aromatic N) is 2. The average Bonchev–Trinajstić information content (AvgIpc) is 2.86. The first kappa shape index (κ1) is 17.5. The Morgan fingerprint density at radius 2 is 1.58 bits per heavy atom. The van der Waals surface area contributed by atoms with Crippen molar-refractivity contribution in [1.82, 2.24) is 9.36 Å². The predicted molar refractivity (Wildman–Crippen MR) is 104 cm³/mol. The van der Waals surface area contributed by atoms with Crippen molar-refractivity contribution in [2.75, 3.05) is 5.32 Å². The van der Waals surface area contributed by atoms with Crippen molar-refractivity contribution in [3.63, 3.8) is 0 Å². The Labute approximate surface area is 152 Å². The number of nitrogens with one attached hydrogen (secondary N) is 1. The summed E-state index contributed by atoms with van der Waals surface area (Å²) in [4.78, 5) is 25.4. The molecule has 2 aromatic carbocycles. The Bertz CT molecular complexity index is 1010. The van der Waals surface area contributed by atoms with E-state index in [2.05, 4.69) is 5.32 Å². The lowest BCUT2D eigenvalue weighted by molar-refractivity contribution is -0.112. The third-order valence-corrected chi connectivity index (χ3v) is 4.33. The lowest BCUT2D eigenvalue weighted by atomic mass is 10.1. The fourth-order valence-electron chi connectivity index (χ4n) is 2.79. The molecule has 1 aromatic heterocycles. The van der Waals surface area contributed by atoms with Gasteiger partial charge in [0.25, 0.3) is 11.5 Å². The molecular formula is C21H21N3O2. The zero-order valence-electron chi connectivity index (χ0n) is 15.1. The molecule has 1 N–H and O–H groups in total. The largest absolute Gasteiger partial charge is 0.316 e. The van der Waals surface area contributed by atoms with Gasteiger partial charge in [-0.3, -0.25) is 14.3 Å². The van der Waals surface area contributed by atoms with E-state index < -0.39 is 0 Å². The molecule has 3 aromatic rings. The molecule has 0 atom stereocenters. The topological polar surface area (TPSA) is 56.0 Å². The zero-order valence-corrected chi connectivity index (χ0v) is 15.1. The first-order valence-electron chi connectivity index (χ1n) is 8.37. The van der Waals surface area contributed by atoms with Crippen molar-refractivity contribution < 1.29 is 4.79 Å². The Balaban J connectivity index is 1.92. The number of benzene rings is 2. The third kappa shape index (κ3) is 3.37. The first-order valence-corrected chi connectivity index (χ1v) is 8.37. The minimum Gasteiger partial charge on any atom is -0.316 e. The molecule has 0 saturated heterocycles. The lowest BCUT2D eigenvalue weighted by Gasteiger charge is -2.07. The van der Waals surface area contributed by atoms with E-state index in [0.29, 0.717) is 17.0 Å². The van der Waals surface area contributed by atoms with Gasteiger partial charge in [0.15, 0.2) is 0 Å². The highest BCUT2D eigenvalue weighted by Crippen LogP contribution is 2.15. The molecule has 0 aliphatic rings. The van der Waals surface area contributed by atoms with Gasteiger partial charge >= 0.3 is 0 Å². The smallest absolute Gasteiger partial charge is 0.295 e. The fraction of sp³-hybridized carbons (Fsp3) is 0.143. The Morgan fingerprint density at radius 3 is 2.19 bits per heavy atom. The maximum absolute atomic E-state index is 12.8. The van der Waals surface area contributed by atoms with Crippen LogP contribution in [0.1, 0.15) is 18.2 Å². The summed E-state index contributed by atoms with van der Waals surface area (Å²) in [5.74, 6) is -0.292. The minimum atomic E-state index is -0.292. The number of hydrogen-bond acceptors (Lipinski definition) is 2. The van der Waals surface area contributed by atoms with Crippen LogP contribution in [0.2, 0.25) is 0 Å².